The van der Waals surface area contributed by atoms with Gasteiger partial charge in [0.15, 0.2) is 0 Å². The monoisotopic (exact) mass is 311 g/mol. The topological polar surface area (TPSA) is 38.7 Å². The van der Waals surface area contributed by atoms with E-state index in [1.54, 1.807) is 0 Å². The van der Waals surface area contributed by atoms with E-state index in [1.165, 1.54) is 0 Å². The first kappa shape index (κ1) is 17.3. The maximum atomic E-state index is 12.9. The lowest BCUT2D eigenvalue weighted by molar-refractivity contribution is 0.339. The minimum atomic E-state index is -2.69. The minimum Gasteiger partial charge on any atom is -0.326 e. The molecule has 0 radical (unpaired) electrons. The number of thiocarbonyl (C=S) groups is 1. The molecule has 110 valence electrons. The zero-order chi connectivity index (χ0) is 14.7. The SMILES string of the molecule is CCOP(=O)(CCCCCCN=C=S)c1ccccc1. The molecule has 0 heterocycles. The fourth-order valence-corrected chi connectivity index (χ4v) is 4.35. The molecule has 0 saturated heterocycles. The maximum Gasteiger partial charge on any atom is 0.232 e. The van der Waals surface area contributed by atoms with Crippen LogP contribution in [-0.2, 0) is 9.09 Å². The summed E-state index contributed by atoms with van der Waals surface area (Å²) < 4.78 is 18.5. The molecule has 1 rings (SSSR count). The van der Waals surface area contributed by atoms with Crippen LogP contribution in [0.15, 0.2) is 35.3 Å². The van der Waals surface area contributed by atoms with Crippen LogP contribution in [0.4, 0.5) is 0 Å². The van der Waals surface area contributed by atoms with E-state index in [-0.39, 0.29) is 0 Å². The molecule has 0 N–H and O–H groups in total. The third-order valence-electron chi connectivity index (χ3n) is 3.02. The van der Waals surface area contributed by atoms with E-state index < -0.39 is 7.37 Å². The van der Waals surface area contributed by atoms with Crippen LogP contribution >= 0.6 is 19.6 Å². The van der Waals surface area contributed by atoms with Gasteiger partial charge in [0.25, 0.3) is 0 Å². The molecule has 0 aliphatic rings. The van der Waals surface area contributed by atoms with Crippen LogP contribution in [0.3, 0.4) is 0 Å². The van der Waals surface area contributed by atoms with Gasteiger partial charge in [0.05, 0.1) is 11.8 Å². The number of isothiocyanates is 1. The van der Waals surface area contributed by atoms with Gasteiger partial charge < -0.3 is 4.52 Å². The van der Waals surface area contributed by atoms with Gasteiger partial charge in [0.1, 0.15) is 0 Å². The Kier molecular flexibility index (Phi) is 8.64. The number of hydrogen-bond donors (Lipinski definition) is 0. The zero-order valence-electron chi connectivity index (χ0n) is 12.0. The molecule has 0 saturated carbocycles. The molecule has 0 bridgehead atoms. The fourth-order valence-electron chi connectivity index (χ4n) is 2.04. The molecule has 1 aromatic rings. The predicted molar refractivity (Wildman–Crippen MR) is 88.5 cm³/mol. The first-order chi connectivity index (χ1) is 9.73. The van der Waals surface area contributed by atoms with Gasteiger partial charge in [-0.15, -0.1) is 0 Å². The Morgan fingerprint density at radius 1 is 1.20 bits per heavy atom. The summed E-state index contributed by atoms with van der Waals surface area (Å²) in [5.74, 6) is 0. The molecular formula is C15H22NO2PS. The largest absolute Gasteiger partial charge is 0.326 e. The number of benzene rings is 1. The van der Waals surface area contributed by atoms with Crippen LogP contribution in [0.5, 0.6) is 0 Å². The summed E-state index contributed by atoms with van der Waals surface area (Å²) in [6.45, 7) is 3.11. The van der Waals surface area contributed by atoms with Crippen LogP contribution < -0.4 is 5.30 Å². The highest BCUT2D eigenvalue weighted by molar-refractivity contribution is 7.78. The molecule has 1 atom stereocenters. The summed E-state index contributed by atoms with van der Waals surface area (Å²) in [6.07, 6.45) is 4.64. The highest BCUT2D eigenvalue weighted by Crippen LogP contribution is 2.46. The van der Waals surface area contributed by atoms with Gasteiger partial charge in [0, 0.05) is 18.0 Å². The molecule has 20 heavy (non-hydrogen) atoms. The van der Waals surface area contributed by atoms with Crippen molar-refractivity contribution >= 4 is 30.1 Å². The van der Waals surface area contributed by atoms with Crippen molar-refractivity contribution in [3.8, 4) is 0 Å². The van der Waals surface area contributed by atoms with Gasteiger partial charge in [-0.3, -0.25) is 4.57 Å². The van der Waals surface area contributed by atoms with Crippen LogP contribution in [0.25, 0.3) is 0 Å². The lowest BCUT2D eigenvalue weighted by Gasteiger charge is -2.18. The molecule has 0 aliphatic heterocycles. The normalized spacial score (nSPS) is 13.4. The van der Waals surface area contributed by atoms with Crippen LogP contribution in [0.1, 0.15) is 32.6 Å². The van der Waals surface area contributed by atoms with Crippen molar-refractivity contribution in [1.29, 1.82) is 0 Å². The summed E-state index contributed by atoms with van der Waals surface area (Å²) in [5.41, 5.74) is 0. The summed E-state index contributed by atoms with van der Waals surface area (Å²) in [5, 5.41) is 3.19. The van der Waals surface area contributed by atoms with Gasteiger partial charge in [-0.2, -0.15) is 0 Å². The molecule has 3 nitrogen and oxygen atoms in total. The highest BCUT2D eigenvalue weighted by Gasteiger charge is 2.24. The van der Waals surface area contributed by atoms with Gasteiger partial charge in [-0.1, -0.05) is 31.0 Å². The summed E-state index contributed by atoms with van der Waals surface area (Å²) in [7, 11) is -2.69. The molecule has 0 aromatic heterocycles. The molecule has 1 unspecified atom stereocenters. The Morgan fingerprint density at radius 2 is 1.90 bits per heavy atom. The molecule has 0 spiro atoms. The van der Waals surface area contributed by atoms with E-state index in [9.17, 15) is 4.57 Å². The molecule has 0 aliphatic carbocycles. The summed E-state index contributed by atoms with van der Waals surface area (Å²) >= 11 is 4.51. The van der Waals surface area contributed by atoms with Crippen molar-refractivity contribution in [1.82, 2.24) is 0 Å². The van der Waals surface area contributed by atoms with Crippen molar-refractivity contribution in [3.05, 3.63) is 30.3 Å². The second-order valence-corrected chi connectivity index (χ2v) is 7.29. The summed E-state index contributed by atoms with van der Waals surface area (Å²) in [6, 6.07) is 9.53. The van der Waals surface area contributed by atoms with Crippen molar-refractivity contribution in [2.45, 2.75) is 32.6 Å². The highest BCUT2D eigenvalue weighted by atomic mass is 32.1. The van der Waals surface area contributed by atoms with E-state index in [4.69, 9.17) is 4.52 Å². The average molecular weight is 311 g/mol. The number of unbranched alkanes of at least 4 members (excludes halogenated alkanes) is 3. The maximum absolute atomic E-state index is 12.9. The number of nitrogens with zero attached hydrogens (tertiary/aromatic N) is 1. The van der Waals surface area contributed by atoms with Crippen molar-refractivity contribution in [2.75, 3.05) is 19.3 Å². The Morgan fingerprint density at radius 3 is 2.55 bits per heavy atom. The number of aliphatic imine (C=N–C) groups is 1. The van der Waals surface area contributed by atoms with Crippen LogP contribution in [0, 0.1) is 0 Å². The van der Waals surface area contributed by atoms with Crippen molar-refractivity contribution in [2.24, 2.45) is 4.99 Å². The quantitative estimate of drug-likeness (QED) is 0.280. The Balaban J connectivity index is 2.43. The molecule has 0 fully saturated rings. The number of rotatable bonds is 10. The number of hydrogen-bond acceptors (Lipinski definition) is 4. The lowest BCUT2D eigenvalue weighted by atomic mass is 10.2. The molecule has 1 aromatic carbocycles. The van der Waals surface area contributed by atoms with Crippen LogP contribution in [-0.4, -0.2) is 24.5 Å². The Labute approximate surface area is 126 Å². The minimum absolute atomic E-state index is 0.482. The van der Waals surface area contributed by atoms with Crippen molar-refractivity contribution in [3.63, 3.8) is 0 Å². The van der Waals surface area contributed by atoms with Crippen molar-refractivity contribution < 1.29 is 9.09 Å². The van der Waals surface area contributed by atoms with Gasteiger partial charge >= 0.3 is 0 Å². The fraction of sp³-hybridized carbons (Fsp3) is 0.533. The smallest absolute Gasteiger partial charge is 0.232 e. The van der Waals surface area contributed by atoms with E-state index in [0.29, 0.717) is 12.8 Å². The van der Waals surface area contributed by atoms with E-state index in [0.717, 1.165) is 37.5 Å². The van der Waals surface area contributed by atoms with E-state index >= 15 is 0 Å². The van der Waals surface area contributed by atoms with Gasteiger partial charge in [-0.25, -0.2) is 4.99 Å². The zero-order valence-corrected chi connectivity index (χ0v) is 13.7. The Hall–Kier alpha value is -0.790. The van der Waals surface area contributed by atoms with Gasteiger partial charge in [0.2, 0.25) is 7.37 Å². The third-order valence-corrected chi connectivity index (χ3v) is 5.82. The summed E-state index contributed by atoms with van der Waals surface area (Å²) in [4.78, 5) is 3.88. The molecule has 5 heteroatoms. The third kappa shape index (κ3) is 6.11. The van der Waals surface area contributed by atoms with Crippen LogP contribution in [0.2, 0.25) is 0 Å². The second kappa shape index (κ2) is 10.0. The average Bonchev–Trinajstić information content (AvgIpc) is 2.47. The Bertz CT molecular complexity index is 472. The molecular weight excluding hydrogens is 289 g/mol. The first-order valence-corrected chi connectivity index (χ1v) is 9.27. The first-order valence-electron chi connectivity index (χ1n) is 7.06. The standard InChI is InChI=1S/C15H22NO2PS/c1-2-18-19(17,15-10-6-5-7-11-15)13-9-4-3-8-12-16-14-20/h5-7,10-11H,2-4,8-9,12-13H2,1H3. The van der Waals surface area contributed by atoms with Gasteiger partial charge in [-0.05, 0) is 44.1 Å². The second-order valence-electron chi connectivity index (χ2n) is 4.54. The molecule has 0 amide bonds. The van der Waals surface area contributed by atoms with E-state index in [2.05, 4.69) is 22.4 Å². The predicted octanol–water partition coefficient (Wildman–Crippen LogP) is 4.29. The van der Waals surface area contributed by atoms with E-state index in [1.807, 2.05) is 37.3 Å². The lowest BCUT2D eigenvalue weighted by Crippen LogP contribution is -2.10.